The molecule has 0 radical (unpaired) electrons. The van der Waals surface area contributed by atoms with E-state index in [2.05, 4.69) is 25.0 Å². The van der Waals surface area contributed by atoms with E-state index in [1.54, 1.807) is 11.9 Å². The molecule has 3 aliphatic rings. The number of benzene rings is 2. The van der Waals surface area contributed by atoms with Crippen LogP contribution in [0.25, 0.3) is 37.0 Å². The van der Waals surface area contributed by atoms with Crippen LogP contribution in [-0.4, -0.2) is 84.4 Å². The SMILES string of the molecule is [C-]#[N+]c1c(N)sc2c(F)ccc(-c3c(Cl)c4c5c(nc(O[C@@H](C)[C@@H]6CCCN6C)nc5c3F)OC(C3CCN(C(=O)NC)C3)CO4)c12. The van der Waals surface area contributed by atoms with E-state index in [4.69, 9.17) is 38.1 Å². The molecule has 3 aliphatic heterocycles. The van der Waals surface area contributed by atoms with E-state index in [1.165, 1.54) is 12.1 Å². The standard InChI is InChI=1S/C32H32ClF2N7O4S/c1-14(18-6-5-10-41(18)4)45-31-39-25-22-27(44-13-19(46-30(22)40-31)15-9-11-42(12-15)32(43)38-3)23(33)20(24(25)35)16-7-8-17(34)28-21(16)26(37-2)29(36)47-28/h7-8,14-15,18-19H,5-6,9-13,36H2,1,3-4H3,(H,38,43)/t14-,15?,18-,19?/m0/s1. The number of likely N-dealkylation sites (N-methyl/N-ethyl adjacent to an activating group) is 1. The van der Waals surface area contributed by atoms with Gasteiger partial charge in [0.15, 0.2) is 11.6 Å². The van der Waals surface area contributed by atoms with E-state index >= 15 is 4.39 Å². The molecule has 2 aromatic carbocycles. The van der Waals surface area contributed by atoms with Crippen LogP contribution in [0.15, 0.2) is 12.1 Å². The van der Waals surface area contributed by atoms with E-state index in [1.807, 2.05) is 14.0 Å². The van der Waals surface area contributed by atoms with Gasteiger partial charge in [-0.1, -0.05) is 17.7 Å². The Balaban J connectivity index is 1.40. The maximum absolute atomic E-state index is 17.0. The molecule has 2 amide bonds. The molecule has 2 saturated heterocycles. The number of nitrogens with zero attached hydrogens (tertiary/aromatic N) is 5. The molecule has 5 heterocycles. The second-order valence-corrected chi connectivity index (χ2v) is 13.6. The minimum Gasteiger partial charge on any atom is -0.487 e. The molecule has 2 unspecified atom stereocenters. The van der Waals surface area contributed by atoms with Gasteiger partial charge in [0, 0.05) is 43.0 Å². The summed E-state index contributed by atoms with van der Waals surface area (Å²) in [5.74, 6) is -1.40. The summed E-state index contributed by atoms with van der Waals surface area (Å²) in [7, 11) is 3.61. The monoisotopic (exact) mass is 683 g/mol. The Morgan fingerprint density at radius 3 is 2.81 bits per heavy atom. The number of hydrogen-bond acceptors (Lipinski definition) is 9. The van der Waals surface area contributed by atoms with Gasteiger partial charge < -0.3 is 30.2 Å². The second kappa shape index (κ2) is 12.1. The predicted molar refractivity (Wildman–Crippen MR) is 176 cm³/mol. The van der Waals surface area contributed by atoms with E-state index in [9.17, 15) is 9.18 Å². The van der Waals surface area contributed by atoms with E-state index in [0.717, 1.165) is 30.7 Å². The molecule has 11 nitrogen and oxygen atoms in total. The van der Waals surface area contributed by atoms with Crippen LogP contribution in [0, 0.1) is 24.1 Å². The molecule has 47 heavy (non-hydrogen) atoms. The van der Waals surface area contributed by atoms with Crippen LogP contribution in [0.3, 0.4) is 0 Å². The number of carbonyl (C=O) groups is 1. The van der Waals surface area contributed by atoms with Crippen LogP contribution < -0.4 is 25.3 Å². The Hall–Kier alpha value is -4.19. The number of thiophene rings is 1. The number of nitrogens with two attached hydrogens (primary N) is 1. The molecule has 7 rings (SSSR count). The number of amides is 2. The van der Waals surface area contributed by atoms with Gasteiger partial charge in [0.25, 0.3) is 0 Å². The lowest BCUT2D eigenvalue weighted by atomic mass is 9.98. The van der Waals surface area contributed by atoms with Crippen molar-refractivity contribution < 1.29 is 27.8 Å². The summed E-state index contributed by atoms with van der Waals surface area (Å²) in [6.45, 7) is 11.6. The number of fused-ring (bicyclic) bond motifs is 1. The first-order valence-corrected chi connectivity index (χ1v) is 16.5. The summed E-state index contributed by atoms with van der Waals surface area (Å²) >= 11 is 7.90. The summed E-state index contributed by atoms with van der Waals surface area (Å²) in [6.07, 6.45) is 1.73. The zero-order valence-corrected chi connectivity index (χ0v) is 27.5. The van der Waals surface area contributed by atoms with Crippen LogP contribution in [0.2, 0.25) is 5.02 Å². The van der Waals surface area contributed by atoms with Gasteiger partial charge in [-0.15, -0.1) is 11.3 Å². The van der Waals surface area contributed by atoms with Crippen LogP contribution in [0.5, 0.6) is 17.6 Å². The van der Waals surface area contributed by atoms with Crippen LogP contribution in [-0.2, 0) is 0 Å². The fourth-order valence-corrected chi connectivity index (χ4v) is 8.28. The number of aromatic nitrogens is 2. The highest BCUT2D eigenvalue weighted by Crippen LogP contribution is 2.52. The molecule has 2 fully saturated rings. The zero-order valence-electron chi connectivity index (χ0n) is 25.9. The van der Waals surface area contributed by atoms with Gasteiger partial charge in [-0.3, -0.25) is 4.90 Å². The Morgan fingerprint density at radius 2 is 2.09 bits per heavy atom. The van der Waals surface area contributed by atoms with Gasteiger partial charge in [0.2, 0.25) is 11.6 Å². The van der Waals surface area contributed by atoms with E-state index < -0.39 is 17.7 Å². The van der Waals surface area contributed by atoms with E-state index in [-0.39, 0.29) is 96.2 Å². The minimum atomic E-state index is -0.834. The molecule has 2 aromatic heterocycles. The number of ether oxygens (including phenoxy) is 3. The molecular weight excluding hydrogens is 652 g/mol. The third-order valence-electron chi connectivity index (χ3n) is 9.42. The maximum atomic E-state index is 17.0. The van der Waals surface area contributed by atoms with Crippen molar-refractivity contribution in [2.45, 2.75) is 44.4 Å². The Bertz CT molecular complexity index is 1970. The van der Waals surface area contributed by atoms with E-state index in [0.29, 0.717) is 19.5 Å². The normalized spacial score (nSPS) is 21.7. The Labute approximate surface area is 278 Å². The molecule has 15 heteroatoms. The summed E-state index contributed by atoms with van der Waals surface area (Å²) in [5.41, 5.74) is 6.00. The third-order valence-corrected chi connectivity index (χ3v) is 10.8. The van der Waals surface area contributed by atoms with Crippen molar-refractivity contribution in [1.82, 2.24) is 25.1 Å². The quantitative estimate of drug-likeness (QED) is 0.238. The Kier molecular flexibility index (Phi) is 8.10. The Morgan fingerprint density at radius 1 is 1.28 bits per heavy atom. The van der Waals surface area contributed by atoms with Crippen molar-refractivity contribution >= 4 is 60.6 Å². The first-order chi connectivity index (χ1) is 22.6. The smallest absolute Gasteiger partial charge is 0.320 e. The summed E-state index contributed by atoms with van der Waals surface area (Å²) in [6, 6.07) is 2.41. The van der Waals surface area contributed by atoms with Gasteiger partial charge in [-0.05, 0) is 51.4 Å². The van der Waals surface area contributed by atoms with Gasteiger partial charge in [0.1, 0.15) is 35.5 Å². The third kappa shape index (κ3) is 5.21. The number of likely N-dealkylation sites (tertiary alicyclic amines) is 2. The lowest BCUT2D eigenvalue weighted by Gasteiger charge is -2.26. The molecular formula is C32H32ClF2N7O4S. The zero-order chi connectivity index (χ0) is 33.1. The highest BCUT2D eigenvalue weighted by atomic mass is 35.5. The van der Waals surface area contributed by atoms with Crippen molar-refractivity contribution in [2.75, 3.05) is 46.1 Å². The fraction of sp³-hybridized carbons (Fsp3) is 0.438. The highest BCUT2D eigenvalue weighted by molar-refractivity contribution is 7.23. The van der Waals surface area contributed by atoms with Crippen LogP contribution in [0.1, 0.15) is 26.2 Å². The largest absolute Gasteiger partial charge is 0.487 e. The first-order valence-electron chi connectivity index (χ1n) is 15.3. The average molecular weight is 684 g/mol. The van der Waals surface area contributed by atoms with Crippen LogP contribution in [0.4, 0.5) is 24.3 Å². The number of rotatable bonds is 5. The van der Waals surface area contributed by atoms with Crippen molar-refractivity contribution in [3.8, 4) is 28.8 Å². The highest BCUT2D eigenvalue weighted by Gasteiger charge is 2.38. The number of urea groups is 1. The molecule has 4 atom stereocenters. The lowest BCUT2D eigenvalue weighted by Crippen LogP contribution is -2.39. The molecule has 0 saturated carbocycles. The average Bonchev–Trinajstić information content (AvgIpc) is 3.77. The minimum absolute atomic E-state index is 0.00839. The van der Waals surface area contributed by atoms with Crippen molar-refractivity contribution in [2.24, 2.45) is 5.92 Å². The van der Waals surface area contributed by atoms with Gasteiger partial charge in [-0.2, -0.15) is 9.97 Å². The first kappa shape index (κ1) is 31.4. The van der Waals surface area contributed by atoms with Crippen molar-refractivity contribution in [3.63, 3.8) is 0 Å². The maximum Gasteiger partial charge on any atom is 0.320 e. The number of nitrogens with one attached hydrogen (secondary N) is 1. The molecule has 3 N–H and O–H groups in total. The second-order valence-electron chi connectivity index (χ2n) is 12.1. The molecule has 0 spiro atoms. The number of anilines is 1. The molecule has 4 aromatic rings. The summed E-state index contributed by atoms with van der Waals surface area (Å²) < 4.78 is 51.1. The van der Waals surface area contributed by atoms with Gasteiger partial charge in [0.05, 0.1) is 21.3 Å². The molecule has 0 bridgehead atoms. The molecule has 246 valence electrons. The van der Waals surface area contributed by atoms with Gasteiger partial charge >= 0.3 is 12.0 Å². The summed E-state index contributed by atoms with van der Waals surface area (Å²) in [4.78, 5) is 28.9. The van der Waals surface area contributed by atoms with Crippen molar-refractivity contribution in [1.29, 1.82) is 0 Å². The lowest BCUT2D eigenvalue weighted by molar-refractivity contribution is 0.0825. The topological polar surface area (TPSA) is 119 Å². The number of hydrogen-bond donors (Lipinski definition) is 2. The predicted octanol–water partition coefficient (Wildman–Crippen LogP) is 6.24. The number of halogens is 3. The fourth-order valence-electron chi connectivity index (χ4n) is 7.01. The summed E-state index contributed by atoms with van der Waals surface area (Å²) in [5, 5.41) is 2.94. The number of carbonyl (C=O) groups excluding carboxylic acids is 1. The van der Waals surface area contributed by atoms with Gasteiger partial charge in [-0.25, -0.2) is 18.4 Å². The van der Waals surface area contributed by atoms with Crippen LogP contribution >= 0.6 is 22.9 Å². The number of nitrogen functional groups attached to an aromatic ring is 1. The molecule has 0 aliphatic carbocycles. The van der Waals surface area contributed by atoms with Crippen molar-refractivity contribution in [3.05, 3.63) is 40.2 Å².